The quantitative estimate of drug-likeness (QED) is 0.428. The summed E-state index contributed by atoms with van der Waals surface area (Å²) in [5.74, 6) is 1.26. The van der Waals surface area contributed by atoms with Gasteiger partial charge in [-0.05, 0) is 18.9 Å². The Labute approximate surface area is 166 Å². The molecule has 1 unspecified atom stereocenters. The Morgan fingerprint density at radius 1 is 1.07 bits per heavy atom. The van der Waals surface area contributed by atoms with Gasteiger partial charge in [0.25, 0.3) is 5.78 Å². The molecule has 0 radical (unpaired) electrons. The molecule has 5 aromatic rings. The minimum absolute atomic E-state index is 0.0443. The third-order valence-corrected chi connectivity index (χ3v) is 5.27. The molecule has 7 nitrogen and oxygen atoms in total. The van der Waals surface area contributed by atoms with Gasteiger partial charge in [-0.3, -0.25) is 0 Å². The molecule has 1 atom stereocenters. The zero-order valence-corrected chi connectivity index (χ0v) is 16.3. The Balaban J connectivity index is 1.79. The summed E-state index contributed by atoms with van der Waals surface area (Å²) < 4.78 is 3.68. The van der Waals surface area contributed by atoms with Crippen molar-refractivity contribution in [2.45, 2.75) is 32.7 Å². The number of pyridine rings is 1. The largest absolute Gasteiger partial charge is 0.254 e. The summed E-state index contributed by atoms with van der Waals surface area (Å²) in [4.78, 5) is 13.6. The first-order valence-electron chi connectivity index (χ1n) is 9.29. The van der Waals surface area contributed by atoms with Gasteiger partial charge in [0, 0.05) is 12.6 Å². The Bertz CT molecular complexity index is 1310. The summed E-state index contributed by atoms with van der Waals surface area (Å²) in [6.45, 7) is 4.21. The lowest BCUT2D eigenvalue weighted by Gasteiger charge is -2.13. The van der Waals surface area contributed by atoms with Crippen molar-refractivity contribution in [1.29, 1.82) is 0 Å². The van der Waals surface area contributed by atoms with Gasteiger partial charge in [-0.25, -0.2) is 9.67 Å². The topological polar surface area (TPSA) is 73.8 Å². The molecular formula is C20H18ClN7. The van der Waals surface area contributed by atoms with Gasteiger partial charge in [-0.1, -0.05) is 48.9 Å². The second-order valence-corrected chi connectivity index (χ2v) is 7.18. The van der Waals surface area contributed by atoms with Gasteiger partial charge in [0.15, 0.2) is 11.5 Å². The lowest BCUT2D eigenvalue weighted by Crippen LogP contribution is -2.09. The summed E-state index contributed by atoms with van der Waals surface area (Å²) in [6.07, 6.45) is 5.32. The van der Waals surface area contributed by atoms with E-state index < -0.39 is 0 Å². The van der Waals surface area contributed by atoms with E-state index in [1.807, 2.05) is 29.1 Å². The summed E-state index contributed by atoms with van der Waals surface area (Å²) in [5, 5.41) is 11.3. The van der Waals surface area contributed by atoms with Crippen molar-refractivity contribution in [2.75, 3.05) is 0 Å². The minimum Gasteiger partial charge on any atom is -0.240 e. The number of halogens is 1. The summed E-state index contributed by atoms with van der Waals surface area (Å²) >= 11 is 6.43. The maximum Gasteiger partial charge on any atom is 0.254 e. The van der Waals surface area contributed by atoms with E-state index in [1.165, 1.54) is 5.56 Å². The molecule has 4 aromatic heterocycles. The van der Waals surface area contributed by atoms with Crippen LogP contribution in [0.25, 0.3) is 27.7 Å². The zero-order chi connectivity index (χ0) is 19.3. The fourth-order valence-corrected chi connectivity index (χ4v) is 3.78. The smallest absolute Gasteiger partial charge is 0.240 e. The highest BCUT2D eigenvalue weighted by atomic mass is 35.5. The average molecular weight is 392 g/mol. The monoisotopic (exact) mass is 391 g/mol. The number of benzene rings is 1. The van der Waals surface area contributed by atoms with Crippen LogP contribution in [0.3, 0.4) is 0 Å². The highest BCUT2D eigenvalue weighted by Crippen LogP contribution is 2.30. The van der Waals surface area contributed by atoms with Crippen LogP contribution in [-0.2, 0) is 6.42 Å². The van der Waals surface area contributed by atoms with E-state index in [4.69, 9.17) is 11.6 Å². The number of nitrogens with zero attached hydrogens (tertiary/aromatic N) is 7. The lowest BCUT2D eigenvalue weighted by molar-refractivity contribution is 0.579. The molecule has 0 aliphatic heterocycles. The van der Waals surface area contributed by atoms with Crippen LogP contribution in [0.1, 0.15) is 37.7 Å². The molecule has 0 aliphatic rings. The highest BCUT2D eigenvalue weighted by molar-refractivity contribution is 6.35. The molecule has 0 saturated heterocycles. The van der Waals surface area contributed by atoms with E-state index in [9.17, 15) is 0 Å². The second-order valence-electron chi connectivity index (χ2n) is 6.83. The summed E-state index contributed by atoms with van der Waals surface area (Å²) in [5.41, 5.74) is 2.78. The molecule has 0 bridgehead atoms. The van der Waals surface area contributed by atoms with Gasteiger partial charge < -0.3 is 0 Å². The first kappa shape index (κ1) is 17.1. The Morgan fingerprint density at radius 2 is 1.89 bits per heavy atom. The van der Waals surface area contributed by atoms with Crippen LogP contribution >= 0.6 is 11.6 Å². The first-order chi connectivity index (χ1) is 13.7. The van der Waals surface area contributed by atoms with E-state index in [2.05, 4.69) is 51.1 Å². The normalized spacial score (nSPS) is 13.0. The molecule has 4 heterocycles. The SMILES string of the molecule is CCCc1nc2nc(Cl)c3cnc4c(cnn4C(C)c4ccccc4)c3n2n1. The van der Waals surface area contributed by atoms with Crippen LogP contribution in [0, 0.1) is 0 Å². The van der Waals surface area contributed by atoms with Crippen molar-refractivity contribution in [3.63, 3.8) is 0 Å². The van der Waals surface area contributed by atoms with Gasteiger partial charge >= 0.3 is 0 Å². The molecular weight excluding hydrogens is 374 g/mol. The van der Waals surface area contributed by atoms with E-state index >= 15 is 0 Å². The Morgan fingerprint density at radius 3 is 2.68 bits per heavy atom. The maximum absolute atomic E-state index is 6.43. The number of fused-ring (bicyclic) bond motifs is 5. The van der Waals surface area contributed by atoms with E-state index in [1.54, 1.807) is 10.7 Å². The summed E-state index contributed by atoms with van der Waals surface area (Å²) in [6, 6.07) is 10.3. The maximum atomic E-state index is 6.43. The number of hydrogen-bond donors (Lipinski definition) is 0. The predicted molar refractivity (Wildman–Crippen MR) is 109 cm³/mol. The number of aromatic nitrogens is 7. The van der Waals surface area contributed by atoms with Crippen LogP contribution in [0.4, 0.5) is 0 Å². The molecule has 0 spiro atoms. The fraction of sp³-hybridized carbons (Fsp3) is 0.250. The van der Waals surface area contributed by atoms with Crippen molar-refractivity contribution < 1.29 is 0 Å². The zero-order valence-electron chi connectivity index (χ0n) is 15.5. The number of rotatable bonds is 4. The van der Waals surface area contributed by atoms with Crippen molar-refractivity contribution in [3.8, 4) is 0 Å². The first-order valence-corrected chi connectivity index (χ1v) is 9.67. The molecule has 5 rings (SSSR count). The van der Waals surface area contributed by atoms with Crippen LogP contribution in [-0.4, -0.2) is 34.3 Å². The van der Waals surface area contributed by atoms with Crippen LogP contribution in [0.5, 0.6) is 0 Å². The average Bonchev–Trinajstić information content (AvgIpc) is 3.32. The number of aryl methyl sites for hydroxylation is 1. The van der Waals surface area contributed by atoms with Crippen molar-refractivity contribution in [3.05, 3.63) is 59.3 Å². The van der Waals surface area contributed by atoms with Crippen molar-refractivity contribution in [1.82, 2.24) is 34.3 Å². The van der Waals surface area contributed by atoms with Crippen molar-refractivity contribution in [2.24, 2.45) is 0 Å². The van der Waals surface area contributed by atoms with Crippen LogP contribution in [0.2, 0.25) is 5.15 Å². The molecule has 8 heteroatoms. The third-order valence-electron chi connectivity index (χ3n) is 4.98. The van der Waals surface area contributed by atoms with Gasteiger partial charge in [-0.2, -0.15) is 19.6 Å². The standard InChI is InChI=1S/C20H18ClN7/c1-3-7-16-24-20-25-18(21)14-10-22-19-15(17(14)28(20)26-16)11-23-27(19)12(2)13-8-5-4-6-9-13/h4-6,8-12H,3,7H2,1-2H3. The molecule has 28 heavy (non-hydrogen) atoms. The van der Waals surface area contributed by atoms with Crippen LogP contribution in [0.15, 0.2) is 42.7 Å². The molecule has 0 amide bonds. The second kappa shape index (κ2) is 6.53. The minimum atomic E-state index is 0.0443. The van der Waals surface area contributed by atoms with Gasteiger partial charge in [0.1, 0.15) is 5.15 Å². The van der Waals surface area contributed by atoms with Crippen molar-refractivity contribution >= 4 is 39.3 Å². The van der Waals surface area contributed by atoms with Gasteiger partial charge in [0.2, 0.25) is 0 Å². The molecule has 140 valence electrons. The summed E-state index contributed by atoms with van der Waals surface area (Å²) in [7, 11) is 0. The fourth-order valence-electron chi connectivity index (χ4n) is 3.56. The molecule has 0 saturated carbocycles. The number of hydrogen-bond acceptors (Lipinski definition) is 5. The van der Waals surface area contributed by atoms with Crippen LogP contribution < -0.4 is 0 Å². The van der Waals surface area contributed by atoms with E-state index in [0.29, 0.717) is 10.9 Å². The lowest BCUT2D eigenvalue weighted by atomic mass is 10.1. The van der Waals surface area contributed by atoms with E-state index in [-0.39, 0.29) is 6.04 Å². The van der Waals surface area contributed by atoms with Gasteiger partial charge in [0.05, 0.1) is 28.5 Å². The molecule has 0 aliphatic carbocycles. The Kier molecular flexibility index (Phi) is 3.98. The molecule has 1 aromatic carbocycles. The molecule has 0 N–H and O–H groups in total. The van der Waals surface area contributed by atoms with E-state index in [0.717, 1.165) is 40.6 Å². The van der Waals surface area contributed by atoms with Gasteiger partial charge in [-0.15, -0.1) is 5.10 Å². The molecule has 0 fully saturated rings. The highest BCUT2D eigenvalue weighted by Gasteiger charge is 2.19. The third kappa shape index (κ3) is 2.54. The predicted octanol–water partition coefficient (Wildman–Crippen LogP) is 4.24. The Hall–Kier alpha value is -3.06.